The number of nitrogens with zero attached hydrogens (tertiary/aromatic N) is 3. The molecule has 0 bridgehead atoms. The SMILES string of the molecule is CCOc1ccc2cc(C3CC(c4ccc(N)cc4)=NN3C(=O)CCCC(C)=O)c(Cl)nc2c1. The third kappa shape index (κ3) is 5.20. The number of amides is 1. The number of fused-ring (bicyclic) bond motifs is 1. The van der Waals surface area contributed by atoms with E-state index < -0.39 is 6.04 Å². The molecule has 2 aromatic carbocycles. The molecule has 176 valence electrons. The van der Waals surface area contributed by atoms with Crippen molar-refractivity contribution in [2.45, 2.75) is 45.6 Å². The lowest BCUT2D eigenvalue weighted by Crippen LogP contribution is -2.27. The number of ether oxygens (including phenoxy) is 1. The van der Waals surface area contributed by atoms with E-state index in [2.05, 4.69) is 10.1 Å². The number of benzene rings is 2. The maximum Gasteiger partial charge on any atom is 0.243 e. The zero-order valence-corrected chi connectivity index (χ0v) is 20.0. The number of halogens is 1. The molecule has 4 rings (SSSR count). The quantitative estimate of drug-likeness (QED) is 0.349. The fraction of sp³-hybridized carbons (Fsp3) is 0.308. The van der Waals surface area contributed by atoms with E-state index in [1.807, 2.05) is 55.5 Å². The fourth-order valence-electron chi connectivity index (χ4n) is 4.07. The van der Waals surface area contributed by atoms with E-state index in [1.165, 1.54) is 11.9 Å². The third-order valence-electron chi connectivity index (χ3n) is 5.77. The summed E-state index contributed by atoms with van der Waals surface area (Å²) in [4.78, 5) is 29.1. The number of Topliss-reactive ketones (excluding diaryl/α,β-unsaturated/α-hetero) is 1. The van der Waals surface area contributed by atoms with E-state index in [9.17, 15) is 9.59 Å². The molecule has 2 N–H and O–H groups in total. The lowest BCUT2D eigenvalue weighted by molar-refractivity contribution is -0.133. The van der Waals surface area contributed by atoms with Gasteiger partial charge in [0.05, 0.1) is 23.9 Å². The van der Waals surface area contributed by atoms with Crippen LogP contribution < -0.4 is 10.5 Å². The monoisotopic (exact) mass is 478 g/mol. The van der Waals surface area contributed by atoms with Gasteiger partial charge in [0.15, 0.2) is 0 Å². The maximum atomic E-state index is 13.1. The van der Waals surface area contributed by atoms with Crippen molar-refractivity contribution in [3.8, 4) is 5.75 Å². The molecular weight excluding hydrogens is 452 g/mol. The van der Waals surface area contributed by atoms with E-state index in [-0.39, 0.29) is 18.1 Å². The van der Waals surface area contributed by atoms with E-state index in [1.54, 1.807) is 0 Å². The van der Waals surface area contributed by atoms with Gasteiger partial charge in [-0.15, -0.1) is 0 Å². The molecule has 2 heterocycles. The number of aromatic nitrogens is 1. The number of carbonyl (C=O) groups is 2. The molecular formula is C26H27ClN4O3. The Hall–Kier alpha value is -3.45. The summed E-state index contributed by atoms with van der Waals surface area (Å²) in [7, 11) is 0. The Labute approximate surface area is 203 Å². The van der Waals surface area contributed by atoms with Gasteiger partial charge in [-0.1, -0.05) is 23.7 Å². The van der Waals surface area contributed by atoms with Crippen LogP contribution >= 0.6 is 11.6 Å². The van der Waals surface area contributed by atoms with Gasteiger partial charge in [0.25, 0.3) is 0 Å². The van der Waals surface area contributed by atoms with E-state index in [0.717, 1.165) is 33.5 Å². The first-order valence-corrected chi connectivity index (χ1v) is 11.7. The highest BCUT2D eigenvalue weighted by molar-refractivity contribution is 6.30. The van der Waals surface area contributed by atoms with Crippen LogP contribution in [-0.2, 0) is 9.59 Å². The molecule has 1 unspecified atom stereocenters. The van der Waals surface area contributed by atoms with Crippen LogP contribution in [0.5, 0.6) is 5.75 Å². The van der Waals surface area contributed by atoms with Gasteiger partial charge >= 0.3 is 0 Å². The molecule has 0 saturated heterocycles. The second kappa shape index (κ2) is 10.2. The van der Waals surface area contributed by atoms with Gasteiger partial charge in [0.1, 0.15) is 16.7 Å². The van der Waals surface area contributed by atoms with Crippen LogP contribution in [-0.4, -0.2) is 34.0 Å². The molecule has 7 nitrogen and oxygen atoms in total. The minimum absolute atomic E-state index is 0.0602. The van der Waals surface area contributed by atoms with Gasteiger partial charge in [-0.2, -0.15) is 5.10 Å². The number of carbonyl (C=O) groups excluding carboxylic acids is 2. The molecule has 0 spiro atoms. The van der Waals surface area contributed by atoms with Crippen LogP contribution in [0.25, 0.3) is 10.9 Å². The number of hydrogen-bond acceptors (Lipinski definition) is 6. The van der Waals surface area contributed by atoms with Crippen LogP contribution in [0, 0.1) is 0 Å². The topological polar surface area (TPSA) is 97.9 Å². The first-order valence-electron chi connectivity index (χ1n) is 11.3. The molecule has 3 aromatic rings. The van der Waals surface area contributed by atoms with Gasteiger partial charge in [0.2, 0.25) is 5.91 Å². The van der Waals surface area contributed by atoms with E-state index in [4.69, 9.17) is 22.1 Å². The lowest BCUT2D eigenvalue weighted by Gasteiger charge is -2.23. The molecule has 1 aliphatic rings. The largest absolute Gasteiger partial charge is 0.494 e. The van der Waals surface area contributed by atoms with Crippen LogP contribution in [0.15, 0.2) is 53.6 Å². The highest BCUT2D eigenvalue weighted by atomic mass is 35.5. The van der Waals surface area contributed by atoms with Crippen molar-refractivity contribution >= 4 is 45.6 Å². The number of hydrazone groups is 1. The predicted octanol–water partition coefficient (Wildman–Crippen LogP) is 5.31. The molecule has 1 aliphatic heterocycles. The fourth-order valence-corrected chi connectivity index (χ4v) is 4.34. The summed E-state index contributed by atoms with van der Waals surface area (Å²) >= 11 is 6.64. The van der Waals surface area contributed by atoms with E-state index in [0.29, 0.717) is 36.7 Å². The van der Waals surface area contributed by atoms with Crippen molar-refractivity contribution in [1.82, 2.24) is 9.99 Å². The van der Waals surface area contributed by atoms with Crippen LogP contribution in [0.4, 0.5) is 5.69 Å². The zero-order chi connectivity index (χ0) is 24.2. The van der Waals surface area contributed by atoms with Crippen molar-refractivity contribution in [2.75, 3.05) is 12.3 Å². The summed E-state index contributed by atoms with van der Waals surface area (Å²) < 4.78 is 5.57. The lowest BCUT2D eigenvalue weighted by atomic mass is 9.98. The van der Waals surface area contributed by atoms with Crippen molar-refractivity contribution < 1.29 is 14.3 Å². The number of pyridine rings is 1. The minimum atomic E-state index is -0.395. The summed E-state index contributed by atoms with van der Waals surface area (Å²) in [6.45, 7) is 4.01. The average molecular weight is 479 g/mol. The Kier molecular flexibility index (Phi) is 7.12. The maximum absolute atomic E-state index is 13.1. The van der Waals surface area contributed by atoms with Crippen LogP contribution in [0.2, 0.25) is 5.15 Å². The Morgan fingerprint density at radius 3 is 2.62 bits per heavy atom. The molecule has 0 radical (unpaired) electrons. The number of nitrogen functional groups attached to an aromatic ring is 1. The third-order valence-corrected chi connectivity index (χ3v) is 6.07. The minimum Gasteiger partial charge on any atom is -0.494 e. The number of anilines is 1. The summed E-state index contributed by atoms with van der Waals surface area (Å²) in [6.07, 6.45) is 1.56. The van der Waals surface area contributed by atoms with Crippen LogP contribution in [0.1, 0.15) is 56.7 Å². The highest BCUT2D eigenvalue weighted by Gasteiger charge is 2.34. The summed E-state index contributed by atoms with van der Waals surface area (Å²) in [5, 5.41) is 7.38. The molecule has 1 amide bonds. The molecule has 1 aromatic heterocycles. The molecule has 8 heteroatoms. The van der Waals surface area contributed by atoms with Crippen molar-refractivity contribution in [1.29, 1.82) is 0 Å². The number of nitrogens with two attached hydrogens (primary N) is 1. The molecule has 0 aliphatic carbocycles. The highest BCUT2D eigenvalue weighted by Crippen LogP contribution is 2.38. The van der Waals surface area contributed by atoms with Crippen molar-refractivity contribution in [3.63, 3.8) is 0 Å². The second-order valence-corrected chi connectivity index (χ2v) is 8.70. The summed E-state index contributed by atoms with van der Waals surface area (Å²) in [5.74, 6) is 0.632. The number of rotatable bonds is 8. The standard InChI is InChI=1S/C26H27ClN4O3/c1-3-34-20-12-9-18-13-21(26(27)29-22(18)14-20)24-15-23(17-7-10-19(28)11-8-17)30-31(24)25(33)6-4-5-16(2)32/h7-14,24H,3-6,15,28H2,1-2H3. The Balaban J connectivity index is 1.68. The Morgan fingerprint density at radius 1 is 1.15 bits per heavy atom. The molecule has 0 fully saturated rings. The molecule has 34 heavy (non-hydrogen) atoms. The Morgan fingerprint density at radius 2 is 1.91 bits per heavy atom. The average Bonchev–Trinajstić information content (AvgIpc) is 3.24. The first kappa shape index (κ1) is 23.7. The molecule has 0 saturated carbocycles. The van der Waals surface area contributed by atoms with Crippen molar-refractivity contribution in [3.05, 3.63) is 64.8 Å². The number of hydrogen-bond donors (Lipinski definition) is 1. The zero-order valence-electron chi connectivity index (χ0n) is 19.3. The molecule has 1 atom stereocenters. The smallest absolute Gasteiger partial charge is 0.243 e. The van der Waals surface area contributed by atoms with Gasteiger partial charge in [-0.3, -0.25) is 4.79 Å². The summed E-state index contributed by atoms with van der Waals surface area (Å²) in [5.41, 5.74) is 9.60. The number of ketones is 1. The van der Waals surface area contributed by atoms with Crippen molar-refractivity contribution in [2.24, 2.45) is 5.10 Å². The predicted molar refractivity (Wildman–Crippen MR) is 134 cm³/mol. The Bertz CT molecular complexity index is 1260. The van der Waals surface area contributed by atoms with Gasteiger partial charge in [-0.05, 0) is 56.2 Å². The first-order chi connectivity index (χ1) is 16.4. The van der Waals surface area contributed by atoms with Gasteiger partial charge in [-0.25, -0.2) is 9.99 Å². The van der Waals surface area contributed by atoms with Crippen LogP contribution in [0.3, 0.4) is 0 Å². The summed E-state index contributed by atoms with van der Waals surface area (Å²) in [6, 6.07) is 14.6. The van der Waals surface area contributed by atoms with E-state index >= 15 is 0 Å². The van der Waals surface area contributed by atoms with Gasteiger partial charge in [0, 0.05) is 42.0 Å². The normalized spacial score (nSPS) is 15.4. The van der Waals surface area contributed by atoms with Gasteiger partial charge < -0.3 is 15.3 Å². The second-order valence-electron chi connectivity index (χ2n) is 8.34.